The van der Waals surface area contributed by atoms with E-state index in [2.05, 4.69) is 27.7 Å². The highest BCUT2D eigenvalue weighted by atomic mass is 16.6. The summed E-state index contributed by atoms with van der Waals surface area (Å²) in [5, 5.41) is 0. The van der Waals surface area contributed by atoms with Crippen LogP contribution in [0.25, 0.3) is 0 Å². The first-order valence-electron chi connectivity index (χ1n) is 11.1. The number of hydrogen-bond donors (Lipinski definition) is 0. The molecule has 7 atom stereocenters. The molecule has 4 rings (SSSR count). The monoisotopic (exact) mass is 416 g/mol. The smallest absolute Gasteiger partial charge is 0.333 e. The van der Waals surface area contributed by atoms with Gasteiger partial charge in [-0.3, -0.25) is 4.79 Å². The quantitative estimate of drug-likeness (QED) is 0.493. The zero-order chi connectivity index (χ0) is 22.6. The average molecular weight is 417 g/mol. The molecule has 0 radical (unpaired) electrons. The van der Waals surface area contributed by atoms with Gasteiger partial charge in [-0.2, -0.15) is 0 Å². The standard InChI is InChI=1S/C25H36O5/c1-9-13(3)22(27)29-17-12-18(30-23(28)14(4)10-2)25(8)19-15(5)11-16(26)20(25)21(19)24(17,6)7/h9-10,15,17-21H,11-12H2,1-8H3. The van der Waals surface area contributed by atoms with Gasteiger partial charge in [0.2, 0.25) is 0 Å². The van der Waals surface area contributed by atoms with Crippen molar-refractivity contribution in [2.75, 3.05) is 0 Å². The molecule has 30 heavy (non-hydrogen) atoms. The van der Waals surface area contributed by atoms with Crippen LogP contribution in [0.4, 0.5) is 0 Å². The Bertz CT molecular complexity index is 819. The molecule has 0 heterocycles. The van der Waals surface area contributed by atoms with Gasteiger partial charge in [-0.05, 0) is 45.4 Å². The van der Waals surface area contributed by atoms with E-state index in [1.54, 1.807) is 32.9 Å². The van der Waals surface area contributed by atoms with Crippen molar-refractivity contribution in [2.24, 2.45) is 34.5 Å². The number of carbonyl (C=O) groups is 3. The number of allylic oxidation sites excluding steroid dienone is 2. The lowest BCUT2D eigenvalue weighted by Crippen LogP contribution is -2.70. The van der Waals surface area contributed by atoms with Gasteiger partial charge in [0, 0.05) is 40.7 Å². The van der Waals surface area contributed by atoms with Crippen LogP contribution in [0.5, 0.6) is 0 Å². The van der Waals surface area contributed by atoms with Gasteiger partial charge >= 0.3 is 11.9 Å². The number of Topliss-reactive ketones (excluding diaryl/α,β-unsaturated/α-hetero) is 1. The van der Waals surface area contributed by atoms with Crippen LogP contribution in [0.3, 0.4) is 0 Å². The van der Waals surface area contributed by atoms with Gasteiger partial charge in [-0.25, -0.2) is 9.59 Å². The first kappa shape index (κ1) is 22.8. The van der Waals surface area contributed by atoms with E-state index in [4.69, 9.17) is 9.47 Å². The van der Waals surface area contributed by atoms with Gasteiger partial charge in [0.1, 0.15) is 18.0 Å². The Morgan fingerprint density at radius 2 is 1.43 bits per heavy atom. The van der Waals surface area contributed by atoms with E-state index in [0.717, 1.165) is 0 Å². The van der Waals surface area contributed by atoms with E-state index in [1.165, 1.54) is 0 Å². The lowest BCUT2D eigenvalue weighted by molar-refractivity contribution is -0.237. The molecule has 0 amide bonds. The first-order valence-corrected chi connectivity index (χ1v) is 11.1. The van der Waals surface area contributed by atoms with Gasteiger partial charge in [0.25, 0.3) is 0 Å². The number of hydrogen-bond acceptors (Lipinski definition) is 5. The molecule has 4 aliphatic carbocycles. The van der Waals surface area contributed by atoms with E-state index >= 15 is 0 Å². The number of ketones is 1. The zero-order valence-electron chi connectivity index (χ0n) is 19.6. The molecule has 0 aromatic carbocycles. The summed E-state index contributed by atoms with van der Waals surface area (Å²) in [5.74, 6) is -0.0271. The van der Waals surface area contributed by atoms with E-state index in [0.29, 0.717) is 24.0 Å². The highest BCUT2D eigenvalue weighted by Crippen LogP contribution is 2.73. The third-order valence-corrected chi connectivity index (χ3v) is 8.44. The number of fused-ring (bicyclic) bond motifs is 3. The van der Waals surface area contributed by atoms with E-state index in [-0.39, 0.29) is 46.8 Å². The van der Waals surface area contributed by atoms with Crippen LogP contribution in [0.15, 0.2) is 23.3 Å². The van der Waals surface area contributed by atoms with Crippen molar-refractivity contribution in [3.05, 3.63) is 23.3 Å². The second-order valence-corrected chi connectivity index (χ2v) is 10.3. The van der Waals surface area contributed by atoms with Gasteiger partial charge in [0.15, 0.2) is 0 Å². The van der Waals surface area contributed by atoms with Crippen LogP contribution < -0.4 is 0 Å². The fraction of sp³-hybridized carbons (Fsp3) is 0.720. The minimum absolute atomic E-state index is 0.119. The number of carbonyl (C=O) groups excluding carboxylic acids is 3. The maximum Gasteiger partial charge on any atom is 0.333 e. The molecule has 4 aliphatic rings. The highest BCUT2D eigenvalue weighted by Gasteiger charge is 2.75. The van der Waals surface area contributed by atoms with Gasteiger partial charge < -0.3 is 9.47 Å². The Labute approximate surface area is 180 Å². The van der Waals surface area contributed by atoms with Crippen molar-refractivity contribution >= 4 is 17.7 Å². The first-order chi connectivity index (χ1) is 13.9. The molecule has 166 valence electrons. The molecule has 7 unspecified atom stereocenters. The Hall–Kier alpha value is -1.91. The Morgan fingerprint density at radius 3 is 1.90 bits per heavy atom. The van der Waals surface area contributed by atoms with Gasteiger partial charge in [-0.15, -0.1) is 0 Å². The molecule has 0 aliphatic heterocycles. The minimum Gasteiger partial charge on any atom is -0.458 e. The molecule has 0 aromatic rings. The maximum atomic E-state index is 13.1. The third kappa shape index (κ3) is 3.16. The largest absolute Gasteiger partial charge is 0.458 e. The lowest BCUT2D eigenvalue weighted by Gasteiger charge is -2.68. The molecule has 0 N–H and O–H groups in total. The van der Waals surface area contributed by atoms with E-state index in [9.17, 15) is 14.4 Å². The second kappa shape index (κ2) is 7.65. The van der Waals surface area contributed by atoms with Crippen LogP contribution in [-0.2, 0) is 23.9 Å². The molecule has 5 heteroatoms. The molecule has 0 spiro atoms. The summed E-state index contributed by atoms with van der Waals surface area (Å²) in [6.45, 7) is 15.5. The van der Waals surface area contributed by atoms with Crippen LogP contribution in [0.1, 0.15) is 68.2 Å². The SMILES string of the molecule is CC=C(C)C(=O)OC1CC(OC(=O)C(C)=CC)C2(C)C3C(=O)CC(C)C2C3C1(C)C. The average Bonchev–Trinajstić information content (AvgIpc) is 2.78. The third-order valence-electron chi connectivity index (χ3n) is 8.44. The van der Waals surface area contributed by atoms with Crippen molar-refractivity contribution in [2.45, 2.75) is 80.4 Å². The Balaban J connectivity index is 2.05. The summed E-state index contributed by atoms with van der Waals surface area (Å²) in [6, 6.07) is 0. The van der Waals surface area contributed by atoms with Gasteiger partial charge in [-0.1, -0.05) is 39.8 Å². The summed E-state index contributed by atoms with van der Waals surface area (Å²) in [6.07, 6.45) is 3.56. The van der Waals surface area contributed by atoms with Crippen LogP contribution >= 0.6 is 0 Å². The lowest BCUT2D eigenvalue weighted by atomic mass is 9.35. The minimum atomic E-state index is -0.469. The van der Waals surface area contributed by atoms with Crippen molar-refractivity contribution in [3.63, 3.8) is 0 Å². The number of rotatable bonds is 4. The van der Waals surface area contributed by atoms with Crippen LogP contribution in [0, 0.1) is 34.5 Å². The Morgan fingerprint density at radius 1 is 0.933 bits per heavy atom. The summed E-state index contributed by atoms with van der Waals surface area (Å²) in [4.78, 5) is 38.5. The van der Waals surface area contributed by atoms with Crippen LogP contribution in [0.2, 0.25) is 0 Å². The fourth-order valence-corrected chi connectivity index (χ4v) is 6.48. The Kier molecular flexibility index (Phi) is 5.81. The molecular weight excluding hydrogens is 380 g/mol. The molecule has 5 nitrogen and oxygen atoms in total. The predicted octanol–water partition coefficient (Wildman–Crippen LogP) is 4.65. The molecule has 0 aromatic heterocycles. The predicted molar refractivity (Wildman–Crippen MR) is 114 cm³/mol. The normalized spacial score (nSPS) is 40.2. The molecular formula is C25H36O5. The molecule has 4 bridgehead atoms. The topological polar surface area (TPSA) is 69.7 Å². The highest BCUT2D eigenvalue weighted by molar-refractivity contribution is 5.89. The summed E-state index contributed by atoms with van der Waals surface area (Å²) >= 11 is 0. The number of esters is 2. The molecule has 4 saturated carbocycles. The van der Waals surface area contributed by atoms with Crippen molar-refractivity contribution in [3.8, 4) is 0 Å². The van der Waals surface area contributed by atoms with E-state index in [1.807, 2.05) is 6.92 Å². The fourth-order valence-electron chi connectivity index (χ4n) is 6.48. The molecule has 0 saturated heterocycles. The van der Waals surface area contributed by atoms with Crippen molar-refractivity contribution in [1.29, 1.82) is 0 Å². The van der Waals surface area contributed by atoms with Crippen molar-refractivity contribution in [1.82, 2.24) is 0 Å². The second-order valence-electron chi connectivity index (χ2n) is 10.3. The van der Waals surface area contributed by atoms with E-state index < -0.39 is 17.6 Å². The molecule has 4 fully saturated rings. The number of ether oxygens (including phenoxy) is 2. The maximum absolute atomic E-state index is 13.1. The van der Waals surface area contributed by atoms with Gasteiger partial charge in [0.05, 0.1) is 0 Å². The zero-order valence-corrected chi connectivity index (χ0v) is 19.6. The summed E-state index contributed by atoms with van der Waals surface area (Å²) < 4.78 is 12.0. The summed E-state index contributed by atoms with van der Waals surface area (Å²) in [5.41, 5.74) is 0.286. The van der Waals surface area contributed by atoms with Crippen molar-refractivity contribution < 1.29 is 23.9 Å². The van der Waals surface area contributed by atoms with Crippen LogP contribution in [-0.4, -0.2) is 29.9 Å². The summed E-state index contributed by atoms with van der Waals surface area (Å²) in [7, 11) is 0.